The molecule has 0 spiro atoms. The Bertz CT molecular complexity index is 2180. The van der Waals surface area contributed by atoms with Gasteiger partial charge in [-0.05, 0) is 131 Å². The molecule has 0 amide bonds. The lowest BCUT2D eigenvalue weighted by molar-refractivity contribution is 0.209. The molecule has 0 N–H and O–H groups in total. The van der Waals surface area contributed by atoms with Crippen molar-refractivity contribution >= 4 is 60.6 Å². The summed E-state index contributed by atoms with van der Waals surface area (Å²) in [6.45, 7) is 26.5. The van der Waals surface area contributed by atoms with Crippen LogP contribution in [0.25, 0.3) is 44.5 Å². The predicted molar refractivity (Wildman–Crippen MR) is 213 cm³/mol. The van der Waals surface area contributed by atoms with Crippen LogP contribution in [-0.4, -0.2) is 28.0 Å². The number of hydrogen-bond acceptors (Lipinski definition) is 0. The Morgan fingerprint density at radius 3 is 1.52 bits per heavy atom. The maximum atomic E-state index is 16.8. The molecule has 0 saturated heterocycles. The van der Waals surface area contributed by atoms with E-state index >= 15 is 8.78 Å². The lowest BCUT2D eigenvalue weighted by atomic mass is 9.89. The van der Waals surface area contributed by atoms with E-state index in [9.17, 15) is 8.78 Å². The molecule has 0 saturated carbocycles. The molecule has 4 aromatic rings. The maximum absolute atomic E-state index is 16.8. The fraction of sp³-hybridized carbons (Fsp3) is 0.455. The second-order valence-electron chi connectivity index (χ2n) is 16.4. The van der Waals surface area contributed by atoms with Crippen molar-refractivity contribution in [3.05, 3.63) is 70.1 Å². The van der Waals surface area contributed by atoms with Gasteiger partial charge in [0.15, 0.2) is 17.8 Å². The van der Waals surface area contributed by atoms with Crippen LogP contribution in [0.3, 0.4) is 0 Å². The summed E-state index contributed by atoms with van der Waals surface area (Å²) in [6.07, 6.45) is 0.804. The van der Waals surface area contributed by atoms with E-state index in [2.05, 4.69) is 106 Å². The summed E-state index contributed by atoms with van der Waals surface area (Å²) in [5.74, 6) is 4.72. The van der Waals surface area contributed by atoms with E-state index in [0.717, 1.165) is 27.1 Å². The van der Waals surface area contributed by atoms with Gasteiger partial charge in [-0.2, -0.15) is 0 Å². The second-order valence-corrected chi connectivity index (χ2v) is 27.6. The Labute approximate surface area is 298 Å². The number of fused-ring (bicyclic) bond motifs is 4. The molecule has 0 bridgehead atoms. The highest BCUT2D eigenvalue weighted by Crippen LogP contribution is 2.43. The van der Waals surface area contributed by atoms with E-state index in [1.54, 1.807) is 0 Å². The molecule has 264 valence electrons. The van der Waals surface area contributed by atoms with Crippen LogP contribution in [0.2, 0.25) is 33.2 Å². The summed E-state index contributed by atoms with van der Waals surface area (Å²) in [6, 6.07) is 12.0. The molecule has 4 aromatic carbocycles. The van der Waals surface area contributed by atoms with Crippen LogP contribution in [-0.2, 0) is 0 Å². The van der Waals surface area contributed by atoms with E-state index in [4.69, 9.17) is 0 Å². The molecule has 2 unspecified atom stereocenters. The number of halogens is 4. The molecule has 50 heavy (non-hydrogen) atoms. The predicted octanol–water partition coefficient (Wildman–Crippen LogP) is 11.8. The molecule has 1 aliphatic carbocycles. The van der Waals surface area contributed by atoms with Gasteiger partial charge < -0.3 is 0 Å². The Morgan fingerprint density at radius 1 is 0.560 bits per heavy atom. The standard InChI is InChI=1S/C44H52F4Si2/c1-26(2)49(27(3)4,28(5)6)15-13-38-39-20-34-23-42(46)41(45)22-32(34)17-35(39)19-36-18-33-24-43(47)44(48,25-37(33)21-40(36)38)14-16-50(29(7)8,30(9)10)31(11)12/h17-31,43H,1-12H3. The largest absolute Gasteiger partial charge is 0.238 e. The van der Waals surface area contributed by atoms with Crippen molar-refractivity contribution in [1.82, 2.24) is 0 Å². The van der Waals surface area contributed by atoms with Gasteiger partial charge >= 0.3 is 0 Å². The average molecular weight is 713 g/mol. The minimum absolute atomic E-state index is 0.286. The third-order valence-electron chi connectivity index (χ3n) is 11.9. The summed E-state index contributed by atoms with van der Waals surface area (Å²) in [5, 5.41) is 5.61. The first kappa shape index (κ1) is 37.9. The molecule has 0 heterocycles. The molecule has 0 aromatic heterocycles. The van der Waals surface area contributed by atoms with Crippen LogP contribution in [0.5, 0.6) is 0 Å². The van der Waals surface area contributed by atoms with E-state index in [-0.39, 0.29) is 16.6 Å². The Balaban J connectivity index is 1.88. The van der Waals surface area contributed by atoms with Crippen LogP contribution < -0.4 is 10.4 Å². The van der Waals surface area contributed by atoms with Crippen LogP contribution in [0, 0.1) is 34.6 Å². The first-order valence-corrected chi connectivity index (χ1v) is 22.7. The molecule has 6 heteroatoms. The van der Waals surface area contributed by atoms with Crippen molar-refractivity contribution in [2.24, 2.45) is 0 Å². The van der Waals surface area contributed by atoms with Crippen molar-refractivity contribution in [3.8, 4) is 22.9 Å². The highest BCUT2D eigenvalue weighted by Gasteiger charge is 2.44. The Morgan fingerprint density at radius 2 is 1.00 bits per heavy atom. The van der Waals surface area contributed by atoms with Crippen molar-refractivity contribution in [2.45, 2.75) is 128 Å². The topological polar surface area (TPSA) is 0 Å². The van der Waals surface area contributed by atoms with E-state index in [1.807, 2.05) is 30.3 Å². The Kier molecular flexibility index (Phi) is 10.4. The SMILES string of the molecule is CC(C)[Si](C#Cc1c2cc3c(cc2cc2cc4cc(F)c(F)cc4cc12)=CC(F)C(F)(C#C[Si](C(C)C)(C(C)C)C(C)C)C=3)(C(C)C)C(C)C. The van der Waals surface area contributed by atoms with Crippen molar-refractivity contribution in [1.29, 1.82) is 0 Å². The van der Waals surface area contributed by atoms with Crippen molar-refractivity contribution in [3.63, 3.8) is 0 Å². The third-order valence-corrected chi connectivity index (χ3v) is 24.4. The number of hydrogen-bond donors (Lipinski definition) is 0. The van der Waals surface area contributed by atoms with Crippen molar-refractivity contribution < 1.29 is 17.6 Å². The Hall–Kier alpha value is -3.33. The van der Waals surface area contributed by atoms with Gasteiger partial charge in [-0.1, -0.05) is 94.9 Å². The van der Waals surface area contributed by atoms with Gasteiger partial charge in [-0.3, -0.25) is 0 Å². The number of alkyl halides is 2. The van der Waals surface area contributed by atoms with Crippen molar-refractivity contribution in [2.75, 3.05) is 0 Å². The smallest absolute Gasteiger partial charge is 0.224 e. The van der Waals surface area contributed by atoms with Gasteiger partial charge in [0.2, 0.25) is 5.67 Å². The molecule has 5 rings (SSSR count). The second kappa shape index (κ2) is 13.7. The number of rotatable bonds is 6. The van der Waals surface area contributed by atoms with Crippen LogP contribution in [0.15, 0.2) is 42.5 Å². The quantitative estimate of drug-likeness (QED) is 0.0808. The van der Waals surface area contributed by atoms with Crippen LogP contribution >= 0.6 is 0 Å². The minimum atomic E-state index is -2.47. The van der Waals surface area contributed by atoms with Crippen LogP contribution in [0.4, 0.5) is 17.6 Å². The fourth-order valence-corrected chi connectivity index (χ4v) is 19.8. The minimum Gasteiger partial charge on any atom is -0.238 e. The van der Waals surface area contributed by atoms with Gasteiger partial charge in [0.25, 0.3) is 0 Å². The van der Waals surface area contributed by atoms with Gasteiger partial charge in [0.05, 0.1) is 0 Å². The molecule has 1 aliphatic rings. The fourth-order valence-electron chi connectivity index (χ4n) is 9.28. The summed E-state index contributed by atoms with van der Waals surface area (Å²) in [7, 11) is -4.50. The molecule has 0 radical (unpaired) electrons. The normalized spacial score (nSPS) is 18.2. The van der Waals surface area contributed by atoms with E-state index < -0.39 is 39.6 Å². The highest BCUT2D eigenvalue weighted by molar-refractivity contribution is 6.91. The maximum Gasteiger partial charge on any atom is 0.224 e. The molecular formula is C44H52F4Si2. The van der Waals surface area contributed by atoms with Gasteiger partial charge in [0, 0.05) is 5.56 Å². The van der Waals surface area contributed by atoms with Crippen LogP contribution in [0.1, 0.15) is 88.6 Å². The first-order valence-electron chi connectivity index (χ1n) is 18.2. The summed E-state index contributed by atoms with van der Waals surface area (Å²) < 4.78 is 61.5. The summed E-state index contributed by atoms with van der Waals surface area (Å²) >= 11 is 0. The highest BCUT2D eigenvalue weighted by atomic mass is 28.3. The van der Waals surface area contributed by atoms with Gasteiger partial charge in [-0.15, -0.1) is 11.1 Å². The molecule has 0 fully saturated rings. The monoisotopic (exact) mass is 712 g/mol. The summed E-state index contributed by atoms with van der Waals surface area (Å²) in [4.78, 5) is 0. The van der Waals surface area contributed by atoms with Gasteiger partial charge in [0.1, 0.15) is 16.1 Å². The number of benzene rings is 4. The zero-order valence-corrected chi connectivity index (χ0v) is 33.7. The van der Waals surface area contributed by atoms with E-state index in [0.29, 0.717) is 37.8 Å². The molecular weight excluding hydrogens is 661 g/mol. The average Bonchev–Trinajstić information content (AvgIpc) is 3.00. The lowest BCUT2D eigenvalue weighted by Gasteiger charge is -2.38. The molecule has 2 atom stereocenters. The molecule has 0 aliphatic heterocycles. The zero-order valence-electron chi connectivity index (χ0n) is 31.7. The zero-order chi connectivity index (χ0) is 37.1. The molecule has 0 nitrogen and oxygen atoms in total. The summed E-state index contributed by atoms with van der Waals surface area (Å²) in [5.41, 5.74) is 7.63. The third kappa shape index (κ3) is 6.26. The first-order chi connectivity index (χ1) is 23.3. The van der Waals surface area contributed by atoms with E-state index in [1.165, 1.54) is 24.3 Å². The van der Waals surface area contributed by atoms with Gasteiger partial charge in [-0.25, -0.2) is 17.6 Å². The lowest BCUT2D eigenvalue weighted by Crippen LogP contribution is -2.45.